The third-order valence-electron chi connectivity index (χ3n) is 8.37. The van der Waals surface area contributed by atoms with E-state index < -0.39 is 35.2 Å². The van der Waals surface area contributed by atoms with Gasteiger partial charge in [-0.2, -0.15) is 0 Å². The topological polar surface area (TPSA) is 105 Å². The van der Waals surface area contributed by atoms with Crippen molar-refractivity contribution < 1.29 is 36.6 Å². The Morgan fingerprint density at radius 1 is 0.551 bits per heavy atom. The summed E-state index contributed by atoms with van der Waals surface area (Å²) in [5.41, 5.74) is 7.62. The molecule has 0 N–H and O–H groups in total. The van der Waals surface area contributed by atoms with Gasteiger partial charge in [-0.15, -0.1) is 0 Å². The van der Waals surface area contributed by atoms with Crippen molar-refractivity contribution in [2.75, 3.05) is 0 Å². The van der Waals surface area contributed by atoms with Crippen LogP contribution in [0.3, 0.4) is 0 Å². The normalized spacial score (nSPS) is 13.8. The standard InChI is InChI=1S/C42H44N2O4.Co/c1-25-19-27(3)37(28(4)20-25)41(47)35(31(7)45)23-43-39(33-15-11-9-12-16-33)40(34-17-13-10-14-18-34)44-24-36(32(8)46)42(48)38-29(5)21-26(2)22-30(38)6;/h9-24,39-40,47-48H,1-8H3;/q;+2/p-2/b41-35-,42-36-,43-23?,44-24?;/t39-,40-;/m0./s1. The van der Waals surface area contributed by atoms with Crippen molar-refractivity contribution >= 4 is 35.5 Å². The molecule has 2 atom stereocenters. The fraction of sp³-hybridized carbons (Fsp3) is 0.238. The fourth-order valence-electron chi connectivity index (χ4n) is 6.27. The number of aliphatic imine (C=N–C) groups is 2. The molecule has 4 rings (SSSR count). The molecule has 1 radical (unpaired) electrons. The molecule has 0 aliphatic rings. The average Bonchev–Trinajstić information content (AvgIpc) is 3.01. The van der Waals surface area contributed by atoms with Gasteiger partial charge in [0.2, 0.25) is 0 Å². The first-order chi connectivity index (χ1) is 22.8. The van der Waals surface area contributed by atoms with Crippen LogP contribution in [-0.4, -0.2) is 24.0 Å². The van der Waals surface area contributed by atoms with E-state index in [4.69, 9.17) is 9.98 Å². The van der Waals surface area contributed by atoms with E-state index in [1.54, 1.807) is 0 Å². The van der Waals surface area contributed by atoms with E-state index in [0.29, 0.717) is 11.1 Å². The van der Waals surface area contributed by atoms with Crippen molar-refractivity contribution in [3.63, 3.8) is 0 Å². The maximum absolute atomic E-state index is 13.8. The SMILES string of the molecule is CC(=O)/C(C=N[C@@H](c1ccccc1)[C@@H](N=C/C(C(C)=O)=C(/[O-])c1c(C)cc(C)cc1C)c1ccccc1)=C(\[O-])c1c(C)cc(C)cc1C.[Co+2]. The molecule has 0 saturated heterocycles. The molecule has 0 aliphatic carbocycles. The van der Waals surface area contributed by atoms with Crippen molar-refractivity contribution in [2.24, 2.45) is 9.98 Å². The minimum atomic E-state index is -0.710. The summed E-state index contributed by atoms with van der Waals surface area (Å²) in [4.78, 5) is 35.7. The zero-order valence-corrected chi connectivity index (χ0v) is 30.3. The molecular weight excluding hydrogens is 655 g/mol. The summed E-state index contributed by atoms with van der Waals surface area (Å²) >= 11 is 0. The van der Waals surface area contributed by atoms with Gasteiger partial charge in [0.05, 0.1) is 0 Å². The van der Waals surface area contributed by atoms with Crippen molar-refractivity contribution in [3.05, 3.63) is 152 Å². The minimum absolute atomic E-state index is 0. The molecule has 0 bridgehead atoms. The van der Waals surface area contributed by atoms with E-state index in [0.717, 1.165) is 44.5 Å². The predicted octanol–water partition coefficient (Wildman–Crippen LogP) is 7.18. The van der Waals surface area contributed by atoms with Gasteiger partial charge in [-0.25, -0.2) is 0 Å². The van der Waals surface area contributed by atoms with Crippen molar-refractivity contribution in [2.45, 2.75) is 67.5 Å². The fourth-order valence-corrected chi connectivity index (χ4v) is 6.27. The Morgan fingerprint density at radius 2 is 0.837 bits per heavy atom. The quantitative estimate of drug-likeness (QED) is 0.0941. The second-order valence-corrected chi connectivity index (χ2v) is 12.4. The molecule has 0 fully saturated rings. The molecule has 6 nitrogen and oxygen atoms in total. The Labute approximate surface area is 300 Å². The number of benzene rings is 4. The number of carbonyl (C=O) groups excluding carboxylic acids is 2. The molecular formula is C42H42CoN2O4. The third-order valence-corrected chi connectivity index (χ3v) is 8.37. The summed E-state index contributed by atoms with van der Waals surface area (Å²) in [6, 6.07) is 25.2. The minimum Gasteiger partial charge on any atom is -0.872 e. The number of hydrogen-bond acceptors (Lipinski definition) is 6. The Morgan fingerprint density at radius 3 is 1.10 bits per heavy atom. The number of aryl methyl sites for hydroxylation is 6. The maximum Gasteiger partial charge on any atom is 2.00 e. The first-order valence-corrected chi connectivity index (χ1v) is 16.0. The van der Waals surface area contributed by atoms with Crippen molar-refractivity contribution in [1.82, 2.24) is 0 Å². The van der Waals surface area contributed by atoms with Crippen molar-refractivity contribution in [3.8, 4) is 0 Å². The monoisotopic (exact) mass is 697 g/mol. The van der Waals surface area contributed by atoms with Gasteiger partial charge in [-0.1, -0.05) is 108 Å². The number of rotatable bonds is 11. The summed E-state index contributed by atoms with van der Waals surface area (Å²) in [5.74, 6) is -1.60. The van der Waals surface area contributed by atoms with Gasteiger partial charge in [-0.05, 0) is 99.9 Å². The predicted molar refractivity (Wildman–Crippen MR) is 192 cm³/mol. The summed E-state index contributed by atoms with van der Waals surface area (Å²) in [6.45, 7) is 14.1. The van der Waals surface area contributed by atoms with Gasteiger partial charge in [0.25, 0.3) is 0 Å². The molecule has 0 unspecified atom stereocenters. The number of carbonyl (C=O) groups is 2. The molecule has 7 heteroatoms. The summed E-state index contributed by atoms with van der Waals surface area (Å²) in [5, 5.41) is 27.7. The van der Waals surface area contributed by atoms with Gasteiger partial charge in [0.15, 0.2) is 11.6 Å². The third kappa shape index (κ3) is 9.19. The zero-order chi connectivity index (χ0) is 35.1. The van der Waals surface area contributed by atoms with Crippen LogP contribution in [0, 0.1) is 41.5 Å². The number of Topliss-reactive ketones (excluding diaryl/α,β-unsaturated/α-hetero) is 2. The molecule has 0 heterocycles. The van der Waals surface area contributed by atoms with Gasteiger partial charge in [0.1, 0.15) is 12.1 Å². The molecule has 49 heavy (non-hydrogen) atoms. The van der Waals surface area contributed by atoms with Crippen LogP contribution < -0.4 is 10.2 Å². The van der Waals surface area contributed by atoms with Crippen LogP contribution in [0.4, 0.5) is 0 Å². The zero-order valence-electron chi connectivity index (χ0n) is 29.3. The van der Waals surface area contributed by atoms with E-state index in [9.17, 15) is 19.8 Å². The molecule has 0 spiro atoms. The van der Waals surface area contributed by atoms with Crippen LogP contribution >= 0.6 is 0 Å². The molecule has 4 aromatic rings. The summed E-state index contributed by atoms with van der Waals surface area (Å²) in [6.07, 6.45) is 2.71. The van der Waals surface area contributed by atoms with Gasteiger partial charge < -0.3 is 10.2 Å². The van der Waals surface area contributed by atoms with Crippen LogP contribution in [0.15, 0.2) is 106 Å². The molecule has 4 aromatic carbocycles. The van der Waals surface area contributed by atoms with Gasteiger partial charge in [0, 0.05) is 23.6 Å². The molecule has 0 saturated carbocycles. The Balaban J connectivity index is 0.00000650. The van der Waals surface area contributed by atoms with Crippen LogP contribution in [0.5, 0.6) is 0 Å². The van der Waals surface area contributed by atoms with Crippen LogP contribution in [-0.2, 0) is 26.4 Å². The average molecular weight is 698 g/mol. The number of hydrogen-bond donors (Lipinski definition) is 0. The summed E-state index contributed by atoms with van der Waals surface area (Å²) < 4.78 is 0. The van der Waals surface area contributed by atoms with E-state index in [-0.39, 0.29) is 27.9 Å². The van der Waals surface area contributed by atoms with E-state index in [1.807, 2.05) is 126 Å². The summed E-state index contributed by atoms with van der Waals surface area (Å²) in [7, 11) is 0. The van der Waals surface area contributed by atoms with E-state index in [1.165, 1.54) is 26.3 Å². The Kier molecular flexibility index (Phi) is 13.4. The Bertz CT molecular complexity index is 1770. The number of allylic oxidation sites excluding steroid dienone is 2. The molecule has 0 aromatic heterocycles. The Hall–Kier alpha value is -4.85. The maximum atomic E-state index is 13.8. The molecule has 0 amide bonds. The van der Waals surface area contributed by atoms with E-state index >= 15 is 0 Å². The van der Waals surface area contributed by atoms with Gasteiger partial charge >= 0.3 is 16.8 Å². The second-order valence-electron chi connectivity index (χ2n) is 12.4. The smallest absolute Gasteiger partial charge is 0.872 e. The first kappa shape index (κ1) is 38.6. The van der Waals surface area contributed by atoms with Crippen molar-refractivity contribution in [1.29, 1.82) is 0 Å². The van der Waals surface area contributed by atoms with Crippen LogP contribution in [0.2, 0.25) is 0 Å². The second kappa shape index (κ2) is 17.0. The van der Waals surface area contributed by atoms with Crippen LogP contribution in [0.25, 0.3) is 11.5 Å². The largest absolute Gasteiger partial charge is 2.00 e. The number of ketones is 2. The first-order valence-electron chi connectivity index (χ1n) is 16.0. The van der Waals surface area contributed by atoms with Gasteiger partial charge in [-0.3, -0.25) is 19.6 Å². The van der Waals surface area contributed by atoms with Crippen LogP contribution in [0.1, 0.15) is 81.6 Å². The molecule has 0 aliphatic heterocycles. The number of nitrogens with zero attached hydrogens (tertiary/aromatic N) is 2. The molecule has 253 valence electrons. The van der Waals surface area contributed by atoms with E-state index in [2.05, 4.69) is 0 Å².